The number of nitrogens with zero attached hydrogens (tertiary/aromatic N) is 1. The summed E-state index contributed by atoms with van der Waals surface area (Å²) in [6.45, 7) is 6.02. The van der Waals surface area contributed by atoms with Gasteiger partial charge in [0.15, 0.2) is 0 Å². The monoisotopic (exact) mass is 399 g/mol. The fraction of sp³-hybridized carbons (Fsp3) is 0.391. The third-order valence-corrected chi connectivity index (χ3v) is 4.88. The van der Waals surface area contributed by atoms with Gasteiger partial charge in [-0.25, -0.2) is 4.39 Å². The Balaban J connectivity index is 2.06. The van der Waals surface area contributed by atoms with E-state index in [9.17, 15) is 14.0 Å². The molecule has 2 N–H and O–H groups in total. The Morgan fingerprint density at radius 2 is 1.72 bits per heavy atom. The Morgan fingerprint density at radius 1 is 1.07 bits per heavy atom. The number of carbonyl (C=O) groups excluding carboxylic acids is 2. The number of amides is 2. The van der Waals surface area contributed by atoms with Gasteiger partial charge in [0.2, 0.25) is 5.91 Å². The van der Waals surface area contributed by atoms with Gasteiger partial charge in [-0.2, -0.15) is 0 Å². The molecule has 0 aliphatic heterocycles. The molecule has 0 radical (unpaired) electrons. The van der Waals surface area contributed by atoms with Crippen molar-refractivity contribution in [3.8, 4) is 0 Å². The van der Waals surface area contributed by atoms with Gasteiger partial charge in [0.25, 0.3) is 5.91 Å². The average Bonchev–Trinajstić information content (AvgIpc) is 2.66. The summed E-state index contributed by atoms with van der Waals surface area (Å²) >= 11 is 0. The van der Waals surface area contributed by atoms with Crippen LogP contribution in [0.25, 0.3) is 0 Å². The highest BCUT2D eigenvalue weighted by atomic mass is 19.1. The molecule has 0 saturated heterocycles. The van der Waals surface area contributed by atoms with Gasteiger partial charge in [-0.15, -0.1) is 0 Å². The van der Waals surface area contributed by atoms with E-state index < -0.39 is 6.04 Å². The molecule has 0 aliphatic carbocycles. The van der Waals surface area contributed by atoms with Crippen LogP contribution >= 0.6 is 0 Å². The minimum atomic E-state index is -0.667. The SMILES string of the molecule is Cc1ccc(C(=O)NC(C(=O)NCC(c2cccc(F)c2)N(C)C)C(C)C)cc1. The molecule has 2 unspecified atom stereocenters. The Kier molecular flexibility index (Phi) is 7.91. The molecule has 0 spiro atoms. The number of likely N-dealkylation sites (N-methyl/N-ethyl adjacent to an activating group) is 1. The summed E-state index contributed by atoms with van der Waals surface area (Å²) in [5.41, 5.74) is 2.35. The van der Waals surface area contributed by atoms with E-state index >= 15 is 0 Å². The van der Waals surface area contributed by atoms with Crippen LogP contribution in [0.15, 0.2) is 48.5 Å². The summed E-state index contributed by atoms with van der Waals surface area (Å²) in [6.07, 6.45) is 0. The van der Waals surface area contributed by atoms with E-state index in [0.29, 0.717) is 12.1 Å². The maximum absolute atomic E-state index is 13.6. The lowest BCUT2D eigenvalue weighted by Crippen LogP contribution is -2.51. The lowest BCUT2D eigenvalue weighted by Gasteiger charge is -2.27. The number of hydrogen-bond acceptors (Lipinski definition) is 3. The molecule has 2 atom stereocenters. The summed E-state index contributed by atoms with van der Waals surface area (Å²) in [7, 11) is 3.75. The molecule has 0 aliphatic rings. The van der Waals surface area contributed by atoms with E-state index in [1.807, 2.05) is 58.0 Å². The first kappa shape index (κ1) is 22.6. The molecule has 156 valence electrons. The quantitative estimate of drug-likeness (QED) is 0.716. The van der Waals surface area contributed by atoms with Crippen molar-refractivity contribution in [1.29, 1.82) is 0 Å². The second-order valence-electron chi connectivity index (χ2n) is 7.84. The molecule has 0 aromatic heterocycles. The first-order valence-corrected chi connectivity index (χ1v) is 9.76. The van der Waals surface area contributed by atoms with Crippen molar-refractivity contribution in [1.82, 2.24) is 15.5 Å². The van der Waals surface area contributed by atoms with Gasteiger partial charge in [-0.1, -0.05) is 43.7 Å². The standard InChI is InChI=1S/C23H30FN3O2/c1-15(2)21(26-22(28)17-11-9-16(3)10-12-17)23(29)25-14-20(27(4)5)18-7-6-8-19(24)13-18/h6-13,15,20-21H,14H2,1-5H3,(H,25,29)(H,26,28). The second kappa shape index (κ2) is 10.2. The highest BCUT2D eigenvalue weighted by Gasteiger charge is 2.26. The van der Waals surface area contributed by atoms with Gasteiger partial charge in [-0.3, -0.25) is 9.59 Å². The Labute approximate surface area is 172 Å². The normalized spacial score (nSPS) is 13.2. The highest BCUT2D eigenvalue weighted by Crippen LogP contribution is 2.18. The first-order valence-electron chi connectivity index (χ1n) is 9.76. The molecular weight excluding hydrogens is 369 g/mol. The van der Waals surface area contributed by atoms with Gasteiger partial charge in [0.1, 0.15) is 11.9 Å². The van der Waals surface area contributed by atoms with E-state index in [2.05, 4.69) is 10.6 Å². The van der Waals surface area contributed by atoms with Crippen LogP contribution in [-0.4, -0.2) is 43.4 Å². The smallest absolute Gasteiger partial charge is 0.251 e. The van der Waals surface area contributed by atoms with Gasteiger partial charge in [-0.05, 0) is 56.8 Å². The number of rotatable bonds is 8. The molecular formula is C23H30FN3O2. The van der Waals surface area contributed by atoms with Crippen LogP contribution in [0.5, 0.6) is 0 Å². The van der Waals surface area contributed by atoms with Gasteiger partial charge >= 0.3 is 0 Å². The van der Waals surface area contributed by atoms with E-state index in [4.69, 9.17) is 0 Å². The van der Waals surface area contributed by atoms with Crippen molar-refractivity contribution in [2.75, 3.05) is 20.6 Å². The van der Waals surface area contributed by atoms with Crippen LogP contribution in [0.1, 0.15) is 41.4 Å². The number of nitrogens with one attached hydrogen (secondary N) is 2. The number of carbonyl (C=O) groups is 2. The molecule has 6 heteroatoms. The topological polar surface area (TPSA) is 61.4 Å². The lowest BCUT2D eigenvalue weighted by molar-refractivity contribution is -0.124. The van der Waals surface area contributed by atoms with Crippen molar-refractivity contribution in [3.05, 3.63) is 71.0 Å². The highest BCUT2D eigenvalue weighted by molar-refractivity contribution is 5.97. The van der Waals surface area contributed by atoms with Crippen molar-refractivity contribution in [3.63, 3.8) is 0 Å². The number of benzene rings is 2. The zero-order valence-electron chi connectivity index (χ0n) is 17.7. The number of hydrogen-bond donors (Lipinski definition) is 2. The van der Waals surface area contributed by atoms with E-state index in [1.165, 1.54) is 12.1 Å². The fourth-order valence-electron chi connectivity index (χ4n) is 3.08. The van der Waals surface area contributed by atoms with Gasteiger partial charge in [0, 0.05) is 12.1 Å². The van der Waals surface area contributed by atoms with E-state index in [0.717, 1.165) is 11.1 Å². The number of halogens is 1. The molecule has 0 fully saturated rings. The van der Waals surface area contributed by atoms with Gasteiger partial charge in [0.05, 0.1) is 6.04 Å². The molecule has 5 nitrogen and oxygen atoms in total. The van der Waals surface area contributed by atoms with Crippen molar-refractivity contribution >= 4 is 11.8 Å². The first-order chi connectivity index (χ1) is 13.7. The second-order valence-corrected chi connectivity index (χ2v) is 7.84. The largest absolute Gasteiger partial charge is 0.352 e. The average molecular weight is 400 g/mol. The molecule has 2 amide bonds. The van der Waals surface area contributed by atoms with Crippen LogP contribution in [0.3, 0.4) is 0 Å². The summed E-state index contributed by atoms with van der Waals surface area (Å²) in [5, 5.41) is 5.74. The van der Waals surface area contributed by atoms with Crippen LogP contribution in [0, 0.1) is 18.7 Å². The third kappa shape index (κ3) is 6.39. The van der Waals surface area contributed by atoms with Crippen LogP contribution < -0.4 is 10.6 Å². The maximum Gasteiger partial charge on any atom is 0.251 e. The van der Waals surface area contributed by atoms with Crippen LogP contribution in [-0.2, 0) is 4.79 Å². The van der Waals surface area contributed by atoms with Crippen molar-refractivity contribution in [2.24, 2.45) is 5.92 Å². The van der Waals surface area contributed by atoms with E-state index in [-0.39, 0.29) is 29.6 Å². The molecule has 0 heterocycles. The van der Waals surface area contributed by atoms with Crippen LogP contribution in [0.2, 0.25) is 0 Å². The molecule has 2 aromatic carbocycles. The zero-order valence-corrected chi connectivity index (χ0v) is 17.7. The van der Waals surface area contributed by atoms with Crippen molar-refractivity contribution in [2.45, 2.75) is 32.9 Å². The predicted molar refractivity (Wildman–Crippen MR) is 113 cm³/mol. The van der Waals surface area contributed by atoms with Gasteiger partial charge < -0.3 is 15.5 Å². The van der Waals surface area contributed by atoms with Crippen LogP contribution in [0.4, 0.5) is 4.39 Å². The summed E-state index contributed by atoms with van der Waals surface area (Å²) in [5.74, 6) is -0.945. The predicted octanol–water partition coefficient (Wildman–Crippen LogP) is 3.31. The molecule has 2 rings (SSSR count). The Hall–Kier alpha value is -2.73. The molecule has 0 bridgehead atoms. The number of aryl methyl sites for hydroxylation is 1. The van der Waals surface area contributed by atoms with Crippen molar-refractivity contribution < 1.29 is 14.0 Å². The molecule has 29 heavy (non-hydrogen) atoms. The minimum Gasteiger partial charge on any atom is -0.352 e. The Bertz CT molecular complexity index is 834. The molecule has 2 aromatic rings. The zero-order chi connectivity index (χ0) is 21.6. The third-order valence-electron chi connectivity index (χ3n) is 4.88. The summed E-state index contributed by atoms with van der Waals surface area (Å²) in [6, 6.07) is 12.7. The fourth-order valence-corrected chi connectivity index (χ4v) is 3.08. The minimum absolute atomic E-state index is 0.0867. The Morgan fingerprint density at radius 3 is 2.28 bits per heavy atom. The molecule has 0 saturated carbocycles. The summed E-state index contributed by atoms with van der Waals surface area (Å²) in [4.78, 5) is 27.3. The maximum atomic E-state index is 13.6. The lowest BCUT2D eigenvalue weighted by atomic mass is 10.0. The van der Waals surface area contributed by atoms with E-state index in [1.54, 1.807) is 18.2 Å². The summed E-state index contributed by atoms with van der Waals surface area (Å²) < 4.78 is 13.6.